The zero-order chi connectivity index (χ0) is 17.3. The van der Waals surface area contributed by atoms with Crippen LogP contribution in [0.4, 0.5) is 0 Å². The molecule has 0 radical (unpaired) electrons. The number of aromatic nitrogens is 2. The van der Waals surface area contributed by atoms with E-state index in [1.165, 1.54) is 16.7 Å². The highest BCUT2D eigenvalue weighted by molar-refractivity contribution is 5.27. The minimum absolute atomic E-state index is 0.423. The topological polar surface area (TPSA) is 24.3 Å². The average Bonchev–Trinajstić information content (AvgIpc) is 3.15. The molecule has 1 fully saturated rings. The van der Waals surface area contributed by atoms with Gasteiger partial charge in [0.25, 0.3) is 0 Å². The first-order chi connectivity index (χ1) is 11.4. The van der Waals surface area contributed by atoms with E-state index >= 15 is 0 Å². The molecule has 0 spiro atoms. The molecule has 4 nitrogen and oxygen atoms in total. The molecule has 0 bridgehead atoms. The van der Waals surface area contributed by atoms with Crippen molar-refractivity contribution in [2.45, 2.75) is 45.3 Å². The zero-order valence-corrected chi connectivity index (χ0v) is 15.6. The van der Waals surface area contributed by atoms with Gasteiger partial charge in [-0.2, -0.15) is 5.10 Å². The van der Waals surface area contributed by atoms with Gasteiger partial charge in [-0.1, -0.05) is 29.8 Å². The van der Waals surface area contributed by atoms with Gasteiger partial charge in [0, 0.05) is 49.4 Å². The summed E-state index contributed by atoms with van der Waals surface area (Å²) in [5.74, 6) is 0.570. The second kappa shape index (κ2) is 7.08. The van der Waals surface area contributed by atoms with E-state index in [2.05, 4.69) is 80.2 Å². The molecule has 4 heteroatoms. The lowest BCUT2D eigenvalue weighted by Crippen LogP contribution is -2.34. The lowest BCUT2D eigenvalue weighted by Gasteiger charge is -2.25. The standard InChI is InChI=1S/C20H30N4/c1-15(2)24-12-17(10-21-24)11-23-13-19(20(14-23)22(4)5)18-8-6-16(3)7-9-18/h6-10,12,15,19-20H,11,13-14H2,1-5H3/t19-,20+/m0/s1. The summed E-state index contributed by atoms with van der Waals surface area (Å²) in [6.07, 6.45) is 4.21. The second-order valence-electron chi connectivity index (χ2n) is 7.66. The first-order valence-electron chi connectivity index (χ1n) is 8.92. The van der Waals surface area contributed by atoms with Crippen LogP contribution >= 0.6 is 0 Å². The Hall–Kier alpha value is -1.65. The van der Waals surface area contributed by atoms with Crippen LogP contribution in [-0.4, -0.2) is 52.8 Å². The van der Waals surface area contributed by atoms with Crippen LogP contribution in [0.2, 0.25) is 0 Å². The quantitative estimate of drug-likeness (QED) is 0.842. The molecule has 3 rings (SSSR count). The fourth-order valence-electron chi connectivity index (χ4n) is 3.66. The van der Waals surface area contributed by atoms with Crippen molar-refractivity contribution in [1.82, 2.24) is 19.6 Å². The van der Waals surface area contributed by atoms with Crippen LogP contribution in [0.15, 0.2) is 36.7 Å². The van der Waals surface area contributed by atoms with Crippen LogP contribution in [-0.2, 0) is 6.54 Å². The van der Waals surface area contributed by atoms with Gasteiger partial charge in [-0.05, 0) is 40.4 Å². The lowest BCUT2D eigenvalue weighted by atomic mass is 9.93. The molecule has 1 saturated heterocycles. The largest absolute Gasteiger partial charge is 0.305 e. The Balaban J connectivity index is 1.73. The van der Waals surface area contributed by atoms with E-state index in [1.807, 2.05) is 10.9 Å². The van der Waals surface area contributed by atoms with Crippen molar-refractivity contribution < 1.29 is 0 Å². The molecule has 0 N–H and O–H groups in total. The van der Waals surface area contributed by atoms with Crippen LogP contribution in [0.5, 0.6) is 0 Å². The highest BCUT2D eigenvalue weighted by Gasteiger charge is 2.35. The molecule has 0 saturated carbocycles. The summed E-state index contributed by atoms with van der Waals surface area (Å²) in [5.41, 5.74) is 4.10. The maximum absolute atomic E-state index is 4.48. The monoisotopic (exact) mass is 326 g/mol. The van der Waals surface area contributed by atoms with Crippen molar-refractivity contribution in [2.24, 2.45) is 0 Å². The normalized spacial score (nSPS) is 22.0. The van der Waals surface area contributed by atoms with E-state index in [0.29, 0.717) is 18.0 Å². The van der Waals surface area contributed by atoms with Crippen molar-refractivity contribution in [2.75, 3.05) is 27.2 Å². The van der Waals surface area contributed by atoms with Crippen LogP contribution in [0.25, 0.3) is 0 Å². The van der Waals surface area contributed by atoms with Gasteiger partial charge in [0.2, 0.25) is 0 Å². The van der Waals surface area contributed by atoms with Gasteiger partial charge in [-0.15, -0.1) is 0 Å². The van der Waals surface area contributed by atoms with Crippen molar-refractivity contribution in [3.05, 3.63) is 53.3 Å². The van der Waals surface area contributed by atoms with Crippen LogP contribution in [0, 0.1) is 6.92 Å². The van der Waals surface area contributed by atoms with Gasteiger partial charge in [0.05, 0.1) is 6.20 Å². The molecule has 2 heterocycles. The average molecular weight is 326 g/mol. The minimum atomic E-state index is 0.423. The number of likely N-dealkylation sites (tertiary alicyclic amines) is 1. The summed E-state index contributed by atoms with van der Waals surface area (Å²) >= 11 is 0. The van der Waals surface area contributed by atoms with Crippen molar-refractivity contribution in [1.29, 1.82) is 0 Å². The minimum Gasteiger partial charge on any atom is -0.305 e. The van der Waals surface area contributed by atoms with Gasteiger partial charge in [-0.25, -0.2) is 0 Å². The van der Waals surface area contributed by atoms with Gasteiger partial charge >= 0.3 is 0 Å². The molecular formula is C20H30N4. The molecule has 1 aliphatic heterocycles. The third-order valence-electron chi connectivity index (χ3n) is 5.12. The van der Waals surface area contributed by atoms with E-state index < -0.39 is 0 Å². The second-order valence-corrected chi connectivity index (χ2v) is 7.66. The van der Waals surface area contributed by atoms with Gasteiger partial charge < -0.3 is 4.90 Å². The number of hydrogen-bond donors (Lipinski definition) is 0. The molecule has 0 amide bonds. The maximum atomic E-state index is 4.48. The highest BCUT2D eigenvalue weighted by Crippen LogP contribution is 2.31. The molecule has 1 aromatic heterocycles. The number of rotatable bonds is 5. The predicted molar refractivity (Wildman–Crippen MR) is 99.3 cm³/mol. The molecule has 1 aromatic carbocycles. The predicted octanol–water partition coefficient (Wildman–Crippen LogP) is 3.30. The fraction of sp³-hybridized carbons (Fsp3) is 0.550. The van der Waals surface area contributed by atoms with Gasteiger partial charge in [0.15, 0.2) is 0 Å². The summed E-state index contributed by atoms with van der Waals surface area (Å²) < 4.78 is 2.05. The van der Waals surface area contributed by atoms with E-state index in [1.54, 1.807) is 0 Å². The SMILES string of the molecule is Cc1ccc([C@@H]2CN(Cc3cnn(C(C)C)c3)C[C@H]2N(C)C)cc1. The van der Waals surface area contributed by atoms with E-state index in [0.717, 1.165) is 19.6 Å². The summed E-state index contributed by atoms with van der Waals surface area (Å²) in [7, 11) is 4.40. The molecule has 2 aromatic rings. The zero-order valence-electron chi connectivity index (χ0n) is 15.6. The number of nitrogens with zero attached hydrogens (tertiary/aromatic N) is 4. The highest BCUT2D eigenvalue weighted by atomic mass is 15.3. The van der Waals surface area contributed by atoms with E-state index in [4.69, 9.17) is 0 Å². The molecule has 24 heavy (non-hydrogen) atoms. The molecule has 2 atom stereocenters. The fourth-order valence-corrected chi connectivity index (χ4v) is 3.66. The maximum Gasteiger partial charge on any atom is 0.0534 e. The molecule has 130 valence electrons. The number of benzene rings is 1. The first-order valence-corrected chi connectivity index (χ1v) is 8.92. The Morgan fingerprint density at radius 2 is 1.88 bits per heavy atom. The Morgan fingerprint density at radius 1 is 1.17 bits per heavy atom. The third kappa shape index (κ3) is 3.70. The Labute approximate surface area is 146 Å². The van der Waals surface area contributed by atoms with E-state index in [9.17, 15) is 0 Å². The summed E-state index contributed by atoms with van der Waals surface area (Å²) in [4.78, 5) is 4.94. The summed E-state index contributed by atoms with van der Waals surface area (Å²) in [5, 5.41) is 4.48. The number of aryl methyl sites for hydroxylation is 1. The molecular weight excluding hydrogens is 296 g/mol. The Morgan fingerprint density at radius 3 is 2.46 bits per heavy atom. The van der Waals surface area contributed by atoms with Crippen molar-refractivity contribution >= 4 is 0 Å². The molecule has 0 aliphatic carbocycles. The Kier molecular flexibility index (Phi) is 5.07. The van der Waals surface area contributed by atoms with Crippen molar-refractivity contribution in [3.63, 3.8) is 0 Å². The number of hydrogen-bond acceptors (Lipinski definition) is 3. The lowest BCUT2D eigenvalue weighted by molar-refractivity contribution is 0.259. The van der Waals surface area contributed by atoms with Crippen LogP contribution in [0.3, 0.4) is 0 Å². The first kappa shape index (κ1) is 17.2. The summed E-state index contributed by atoms with van der Waals surface area (Å²) in [6, 6.07) is 10.1. The van der Waals surface area contributed by atoms with Gasteiger partial charge in [0.1, 0.15) is 0 Å². The van der Waals surface area contributed by atoms with Crippen molar-refractivity contribution in [3.8, 4) is 0 Å². The number of likely N-dealkylation sites (N-methyl/N-ethyl adjacent to an activating group) is 1. The Bertz CT molecular complexity index is 657. The molecule has 1 aliphatic rings. The third-order valence-corrected chi connectivity index (χ3v) is 5.12. The van der Waals surface area contributed by atoms with Crippen LogP contribution in [0.1, 0.15) is 42.5 Å². The molecule has 0 unspecified atom stereocenters. The summed E-state index contributed by atoms with van der Waals surface area (Å²) in [6.45, 7) is 9.70. The van der Waals surface area contributed by atoms with Crippen LogP contribution < -0.4 is 0 Å². The smallest absolute Gasteiger partial charge is 0.0534 e. The van der Waals surface area contributed by atoms with E-state index in [-0.39, 0.29) is 0 Å². The van der Waals surface area contributed by atoms with Gasteiger partial charge in [-0.3, -0.25) is 9.58 Å².